The molecule has 3 atom stereocenters. The Hall–Kier alpha value is -3.89. The van der Waals surface area contributed by atoms with Gasteiger partial charge in [-0.1, -0.05) is 42.5 Å². The first kappa shape index (κ1) is 23.8. The molecule has 1 saturated heterocycles. The van der Waals surface area contributed by atoms with Gasteiger partial charge < -0.3 is 14.3 Å². The number of cyclic esters (lactones) is 1. The van der Waals surface area contributed by atoms with Crippen molar-refractivity contribution in [2.45, 2.75) is 25.0 Å². The van der Waals surface area contributed by atoms with E-state index in [4.69, 9.17) is 4.74 Å². The second-order valence-electron chi connectivity index (χ2n) is 8.63. The number of imide groups is 1. The van der Waals surface area contributed by atoms with Gasteiger partial charge in [0.05, 0.1) is 34.1 Å². The van der Waals surface area contributed by atoms with Gasteiger partial charge in [-0.2, -0.15) is 0 Å². The molecule has 0 bridgehead atoms. The average molecular weight is 507 g/mol. The van der Waals surface area contributed by atoms with E-state index >= 15 is 0 Å². The number of benzene rings is 3. The highest BCUT2D eigenvalue weighted by atomic mass is 32.2. The van der Waals surface area contributed by atoms with Crippen molar-refractivity contribution in [1.82, 2.24) is 14.9 Å². The average Bonchev–Trinajstić information content (AvgIpc) is 3.38. The Balaban J connectivity index is 1.59. The molecule has 2 amide bonds. The van der Waals surface area contributed by atoms with Crippen molar-refractivity contribution in [2.24, 2.45) is 0 Å². The highest BCUT2D eigenvalue weighted by Crippen LogP contribution is 2.41. The maximum Gasteiger partial charge on any atom is 0.418 e. The zero-order valence-corrected chi connectivity index (χ0v) is 20.3. The number of carbonyl (C=O) groups excluding carboxylic acids is 2. The Morgan fingerprint density at radius 1 is 1.14 bits per heavy atom. The fraction of sp³-hybridized carbons (Fsp3) is 0.192. The standard InChI is InChI=1S/C26H23FN4O4S/c1-16(18-8-10-19(27)11-9-18)31-24(32)26(35-25(31)33,15-17-6-4-3-5-7-17)23-28-21-13-12-20(30-36(2)34)14-22(21)29-23/h3-14,16,30H,15H2,1-2H3,(H,28,29)/t16-,26-,36?/m1/s1. The molecule has 8 nitrogen and oxygen atoms in total. The number of halogens is 1. The second kappa shape index (κ2) is 9.29. The topological polar surface area (TPSA) is 110 Å². The van der Waals surface area contributed by atoms with Crippen LogP contribution in [0.15, 0.2) is 72.8 Å². The van der Waals surface area contributed by atoms with Gasteiger partial charge in [-0.15, -0.1) is 0 Å². The maximum absolute atomic E-state index is 14.0. The van der Waals surface area contributed by atoms with Crippen LogP contribution in [0.2, 0.25) is 0 Å². The number of carbonyl (C=O) groups is 2. The van der Waals surface area contributed by atoms with Gasteiger partial charge >= 0.3 is 6.09 Å². The van der Waals surface area contributed by atoms with Gasteiger partial charge in [-0.05, 0) is 48.4 Å². The number of hydrogen-bond acceptors (Lipinski definition) is 6. The van der Waals surface area contributed by atoms with E-state index in [1.54, 1.807) is 25.1 Å². The van der Waals surface area contributed by atoms with Gasteiger partial charge in [0.2, 0.25) is 0 Å². The number of ether oxygens (including phenoxy) is 1. The molecule has 36 heavy (non-hydrogen) atoms. The van der Waals surface area contributed by atoms with E-state index in [9.17, 15) is 18.5 Å². The van der Waals surface area contributed by atoms with E-state index in [1.807, 2.05) is 30.3 Å². The number of aromatic nitrogens is 2. The number of nitrogens with zero attached hydrogens (tertiary/aromatic N) is 2. The Kier molecular flexibility index (Phi) is 6.15. The highest BCUT2D eigenvalue weighted by Gasteiger charge is 2.58. The molecule has 0 radical (unpaired) electrons. The second-order valence-corrected chi connectivity index (χ2v) is 9.75. The number of nitrogens with one attached hydrogen (secondary N) is 2. The Bertz CT molecular complexity index is 1430. The monoisotopic (exact) mass is 506 g/mol. The lowest BCUT2D eigenvalue weighted by Gasteiger charge is -2.25. The molecular weight excluding hydrogens is 483 g/mol. The molecular formula is C26H23FN4O4S. The third-order valence-electron chi connectivity index (χ3n) is 6.18. The molecule has 4 aromatic rings. The number of rotatable bonds is 7. The predicted molar refractivity (Wildman–Crippen MR) is 134 cm³/mol. The number of hydrogen-bond donors (Lipinski definition) is 2. The summed E-state index contributed by atoms with van der Waals surface area (Å²) in [4.78, 5) is 36.0. The van der Waals surface area contributed by atoms with Gasteiger partial charge in [-0.3, -0.25) is 4.79 Å². The quantitative estimate of drug-likeness (QED) is 0.355. The minimum absolute atomic E-state index is 0.0644. The number of aromatic amines is 1. The molecule has 3 aromatic carbocycles. The first-order chi connectivity index (χ1) is 17.3. The van der Waals surface area contributed by atoms with E-state index < -0.39 is 40.8 Å². The van der Waals surface area contributed by atoms with Crippen LogP contribution in [0.1, 0.15) is 29.9 Å². The third-order valence-corrected chi connectivity index (χ3v) is 6.71. The zero-order chi connectivity index (χ0) is 25.4. The number of anilines is 1. The summed E-state index contributed by atoms with van der Waals surface area (Å²) in [5.41, 5.74) is 1.38. The summed E-state index contributed by atoms with van der Waals surface area (Å²) in [6.45, 7) is 1.69. The van der Waals surface area contributed by atoms with Gasteiger partial charge in [0.1, 0.15) is 12.1 Å². The van der Waals surface area contributed by atoms with Crippen LogP contribution in [0.25, 0.3) is 11.0 Å². The zero-order valence-electron chi connectivity index (χ0n) is 19.5. The summed E-state index contributed by atoms with van der Waals surface area (Å²) in [7, 11) is 0. The molecule has 1 unspecified atom stereocenters. The number of imidazole rings is 1. The van der Waals surface area contributed by atoms with Crippen molar-refractivity contribution in [1.29, 1.82) is 0 Å². The van der Waals surface area contributed by atoms with Crippen molar-refractivity contribution < 1.29 is 23.3 Å². The van der Waals surface area contributed by atoms with Crippen LogP contribution < -0.4 is 4.72 Å². The predicted octanol–water partition coefficient (Wildman–Crippen LogP) is 4.59. The van der Waals surface area contributed by atoms with Crippen molar-refractivity contribution >= 4 is 40.1 Å². The van der Waals surface area contributed by atoms with Crippen LogP contribution in [0.5, 0.6) is 0 Å². The molecule has 0 saturated carbocycles. The van der Waals surface area contributed by atoms with Gasteiger partial charge in [0.15, 0.2) is 5.82 Å². The van der Waals surface area contributed by atoms with Crippen molar-refractivity contribution in [2.75, 3.05) is 11.0 Å². The molecule has 184 valence electrons. The molecule has 0 aliphatic carbocycles. The minimum Gasteiger partial charge on any atom is -0.593 e. The summed E-state index contributed by atoms with van der Waals surface area (Å²) in [5.74, 6) is -0.800. The molecule has 1 aliphatic rings. The van der Waals surface area contributed by atoms with E-state index in [1.165, 1.54) is 30.5 Å². The largest absolute Gasteiger partial charge is 0.593 e. The lowest BCUT2D eigenvalue weighted by Crippen LogP contribution is -2.42. The van der Waals surface area contributed by atoms with Crippen LogP contribution in [0, 0.1) is 5.82 Å². The molecule has 2 heterocycles. The summed E-state index contributed by atoms with van der Waals surface area (Å²) < 4.78 is 33.7. The summed E-state index contributed by atoms with van der Waals surface area (Å²) in [6, 6.07) is 19.3. The molecule has 10 heteroatoms. The van der Waals surface area contributed by atoms with E-state index in [0.717, 1.165) is 10.5 Å². The number of H-pyrrole nitrogens is 1. The van der Waals surface area contributed by atoms with E-state index in [-0.39, 0.29) is 12.2 Å². The SMILES string of the molecule is C[C@H](c1ccc(F)cc1)N1C(=O)O[C@](Cc2ccccc2)(c2nc3ccc(N[S+](C)[O-])cc3[nH]2)C1=O. The van der Waals surface area contributed by atoms with Crippen molar-refractivity contribution in [3.63, 3.8) is 0 Å². The van der Waals surface area contributed by atoms with E-state index in [2.05, 4.69) is 14.7 Å². The number of fused-ring (bicyclic) bond motifs is 1. The molecule has 1 aromatic heterocycles. The smallest absolute Gasteiger partial charge is 0.418 e. The summed E-state index contributed by atoms with van der Waals surface area (Å²) in [5, 5.41) is 0. The third kappa shape index (κ3) is 4.29. The minimum atomic E-state index is -1.73. The van der Waals surface area contributed by atoms with Crippen LogP contribution in [-0.2, 0) is 32.9 Å². The van der Waals surface area contributed by atoms with Gasteiger partial charge in [0, 0.05) is 6.42 Å². The van der Waals surface area contributed by atoms with Crippen molar-refractivity contribution in [3.05, 3.63) is 95.6 Å². The lowest BCUT2D eigenvalue weighted by molar-refractivity contribution is -0.139. The van der Waals surface area contributed by atoms with Crippen LogP contribution in [0.3, 0.4) is 0 Å². The van der Waals surface area contributed by atoms with Crippen LogP contribution >= 0.6 is 0 Å². The normalized spacial score (nSPS) is 19.4. The molecule has 5 rings (SSSR count). The van der Waals surface area contributed by atoms with Gasteiger partial charge in [-0.25, -0.2) is 23.8 Å². The maximum atomic E-state index is 14.0. The Labute approximate surface area is 209 Å². The highest BCUT2D eigenvalue weighted by molar-refractivity contribution is 7.92. The van der Waals surface area contributed by atoms with Crippen LogP contribution in [0.4, 0.5) is 14.9 Å². The van der Waals surface area contributed by atoms with Crippen LogP contribution in [-0.4, -0.2) is 37.7 Å². The van der Waals surface area contributed by atoms with E-state index in [0.29, 0.717) is 22.3 Å². The molecule has 1 fully saturated rings. The molecule has 1 aliphatic heterocycles. The lowest BCUT2D eigenvalue weighted by atomic mass is 9.92. The fourth-order valence-corrected chi connectivity index (χ4v) is 4.86. The summed E-state index contributed by atoms with van der Waals surface area (Å²) in [6.07, 6.45) is 0.775. The first-order valence-corrected chi connectivity index (χ1v) is 12.8. The summed E-state index contributed by atoms with van der Waals surface area (Å²) >= 11 is -1.27. The Morgan fingerprint density at radius 3 is 2.56 bits per heavy atom. The number of amides is 2. The van der Waals surface area contributed by atoms with Gasteiger partial charge in [0.25, 0.3) is 11.5 Å². The fourth-order valence-electron chi connectivity index (χ4n) is 4.40. The van der Waals surface area contributed by atoms with Crippen molar-refractivity contribution in [3.8, 4) is 0 Å². The Morgan fingerprint density at radius 2 is 1.86 bits per heavy atom. The molecule has 0 spiro atoms. The first-order valence-electron chi connectivity index (χ1n) is 11.2. The molecule has 2 N–H and O–H groups in total.